The third kappa shape index (κ3) is 3.75. The second-order valence-corrected chi connectivity index (χ2v) is 7.48. The van der Waals surface area contributed by atoms with Gasteiger partial charge < -0.3 is 15.3 Å². The van der Waals surface area contributed by atoms with Crippen LogP contribution >= 0.6 is 0 Å². The maximum Gasteiger partial charge on any atom is 0.0700 e. The van der Waals surface area contributed by atoms with E-state index in [1.54, 1.807) is 0 Å². The van der Waals surface area contributed by atoms with Gasteiger partial charge >= 0.3 is 0 Å². The summed E-state index contributed by atoms with van der Waals surface area (Å²) in [6.07, 6.45) is 6.99. The number of rotatable bonds is 6. The van der Waals surface area contributed by atoms with Crippen molar-refractivity contribution in [3.63, 3.8) is 0 Å². The largest absolute Gasteiger partial charge is 0.390 e. The van der Waals surface area contributed by atoms with Crippen LogP contribution in [0.15, 0.2) is 0 Å². The number of piperidine rings is 1. The summed E-state index contributed by atoms with van der Waals surface area (Å²) in [5.41, 5.74) is 0.0270. The minimum Gasteiger partial charge on any atom is -0.390 e. The molecule has 0 aromatic carbocycles. The van der Waals surface area contributed by atoms with Gasteiger partial charge in [0.05, 0.1) is 5.60 Å². The van der Waals surface area contributed by atoms with Crippen LogP contribution in [0.5, 0.6) is 0 Å². The number of hydrogen-bond acceptors (Lipinski definition) is 3. The van der Waals surface area contributed by atoms with E-state index in [0.717, 1.165) is 39.0 Å². The van der Waals surface area contributed by atoms with Gasteiger partial charge in [-0.25, -0.2) is 0 Å². The van der Waals surface area contributed by atoms with Crippen molar-refractivity contribution in [2.75, 3.05) is 32.7 Å². The molecule has 20 heavy (non-hydrogen) atoms. The van der Waals surface area contributed by atoms with Crippen LogP contribution in [0.2, 0.25) is 0 Å². The molecule has 1 aliphatic carbocycles. The van der Waals surface area contributed by atoms with Crippen molar-refractivity contribution in [1.82, 2.24) is 10.2 Å². The lowest BCUT2D eigenvalue weighted by Crippen LogP contribution is -2.55. The average Bonchev–Trinajstić information content (AvgIpc) is 2.45. The lowest BCUT2D eigenvalue weighted by Gasteiger charge is -2.49. The molecule has 3 heteroatoms. The van der Waals surface area contributed by atoms with E-state index in [2.05, 4.69) is 31.0 Å². The van der Waals surface area contributed by atoms with Gasteiger partial charge in [0.15, 0.2) is 0 Å². The summed E-state index contributed by atoms with van der Waals surface area (Å²) < 4.78 is 0. The Morgan fingerprint density at radius 2 is 2.10 bits per heavy atom. The molecule has 1 heterocycles. The number of hydrogen-bond donors (Lipinski definition) is 2. The van der Waals surface area contributed by atoms with E-state index in [0.29, 0.717) is 11.3 Å². The molecule has 0 aromatic heterocycles. The maximum absolute atomic E-state index is 10.8. The zero-order valence-corrected chi connectivity index (χ0v) is 13.7. The van der Waals surface area contributed by atoms with Gasteiger partial charge in [0.1, 0.15) is 0 Å². The van der Waals surface area contributed by atoms with Crippen LogP contribution in [0.3, 0.4) is 0 Å². The van der Waals surface area contributed by atoms with E-state index in [1.807, 2.05) is 0 Å². The SMILES string of the molecule is CCNCC(C)(CC)CN1CCC2(O)CCCCC2C1. The summed E-state index contributed by atoms with van der Waals surface area (Å²) in [7, 11) is 0. The highest BCUT2D eigenvalue weighted by Gasteiger charge is 2.43. The monoisotopic (exact) mass is 282 g/mol. The molecule has 2 fully saturated rings. The van der Waals surface area contributed by atoms with E-state index in [4.69, 9.17) is 0 Å². The molecule has 2 N–H and O–H groups in total. The number of fused-ring (bicyclic) bond motifs is 1. The van der Waals surface area contributed by atoms with Crippen molar-refractivity contribution >= 4 is 0 Å². The first-order valence-electron chi connectivity index (χ1n) is 8.67. The standard InChI is InChI=1S/C17H34N2O/c1-4-16(3,13-18-5-2)14-19-11-10-17(20)9-7-6-8-15(17)12-19/h15,18,20H,4-14H2,1-3H3. The molecule has 3 unspecified atom stereocenters. The molecule has 3 atom stereocenters. The van der Waals surface area contributed by atoms with Crippen LogP contribution in [-0.2, 0) is 0 Å². The number of nitrogens with zero attached hydrogens (tertiary/aromatic N) is 1. The molecule has 118 valence electrons. The van der Waals surface area contributed by atoms with Crippen LogP contribution in [0.25, 0.3) is 0 Å². The molecule has 0 bridgehead atoms. The zero-order chi connectivity index (χ0) is 14.6. The van der Waals surface area contributed by atoms with E-state index < -0.39 is 0 Å². The van der Waals surface area contributed by atoms with Crippen molar-refractivity contribution in [3.8, 4) is 0 Å². The fourth-order valence-electron chi connectivity index (χ4n) is 4.04. The smallest absolute Gasteiger partial charge is 0.0700 e. The predicted molar refractivity (Wildman–Crippen MR) is 84.9 cm³/mol. The van der Waals surface area contributed by atoms with Gasteiger partial charge in [-0.05, 0) is 37.6 Å². The minimum absolute atomic E-state index is 0.334. The summed E-state index contributed by atoms with van der Waals surface area (Å²) in [5, 5.41) is 14.3. The van der Waals surface area contributed by atoms with E-state index >= 15 is 0 Å². The second kappa shape index (κ2) is 6.76. The zero-order valence-electron chi connectivity index (χ0n) is 13.7. The van der Waals surface area contributed by atoms with E-state index in [1.165, 1.54) is 32.2 Å². The van der Waals surface area contributed by atoms with E-state index in [-0.39, 0.29) is 5.60 Å². The Kier molecular flexibility index (Phi) is 5.49. The normalized spacial score (nSPS) is 34.5. The molecule has 0 radical (unpaired) electrons. The molecule has 1 saturated carbocycles. The molecule has 0 aromatic rings. The number of aliphatic hydroxyl groups is 1. The minimum atomic E-state index is -0.334. The molecule has 0 amide bonds. The summed E-state index contributed by atoms with van der Waals surface area (Å²) >= 11 is 0. The molecule has 1 aliphatic heterocycles. The number of nitrogens with one attached hydrogen (secondary N) is 1. The van der Waals surface area contributed by atoms with Gasteiger partial charge in [-0.3, -0.25) is 0 Å². The van der Waals surface area contributed by atoms with Crippen molar-refractivity contribution in [2.24, 2.45) is 11.3 Å². The quantitative estimate of drug-likeness (QED) is 0.786. The first-order chi connectivity index (χ1) is 9.51. The van der Waals surface area contributed by atoms with Gasteiger partial charge in [0, 0.05) is 32.1 Å². The number of likely N-dealkylation sites (tertiary alicyclic amines) is 1. The van der Waals surface area contributed by atoms with Crippen molar-refractivity contribution in [2.45, 2.75) is 64.9 Å². The summed E-state index contributed by atoms with van der Waals surface area (Å²) in [6, 6.07) is 0. The van der Waals surface area contributed by atoms with Crippen molar-refractivity contribution in [1.29, 1.82) is 0 Å². The summed E-state index contributed by atoms with van der Waals surface area (Å²) in [4.78, 5) is 2.62. The fraction of sp³-hybridized carbons (Fsp3) is 1.00. The molecule has 3 nitrogen and oxygen atoms in total. The van der Waals surface area contributed by atoms with Crippen molar-refractivity contribution < 1.29 is 5.11 Å². The Morgan fingerprint density at radius 1 is 1.30 bits per heavy atom. The fourth-order valence-corrected chi connectivity index (χ4v) is 4.04. The Morgan fingerprint density at radius 3 is 2.80 bits per heavy atom. The van der Waals surface area contributed by atoms with Gasteiger partial charge in [0.2, 0.25) is 0 Å². The average molecular weight is 282 g/mol. The Labute approximate surface area is 125 Å². The van der Waals surface area contributed by atoms with Crippen LogP contribution in [-0.4, -0.2) is 48.3 Å². The first kappa shape index (κ1) is 16.3. The van der Waals surface area contributed by atoms with Gasteiger partial charge in [-0.15, -0.1) is 0 Å². The Hall–Kier alpha value is -0.120. The highest BCUT2D eigenvalue weighted by Crippen LogP contribution is 2.40. The summed E-state index contributed by atoms with van der Waals surface area (Å²) in [6.45, 7) is 12.4. The first-order valence-corrected chi connectivity index (χ1v) is 8.67. The lowest BCUT2D eigenvalue weighted by molar-refractivity contribution is -0.100. The molecule has 2 rings (SSSR count). The van der Waals surface area contributed by atoms with Gasteiger partial charge in [-0.1, -0.05) is 33.6 Å². The second-order valence-electron chi connectivity index (χ2n) is 7.48. The molecular weight excluding hydrogens is 248 g/mol. The van der Waals surface area contributed by atoms with Gasteiger partial charge in [-0.2, -0.15) is 0 Å². The van der Waals surface area contributed by atoms with Gasteiger partial charge in [0.25, 0.3) is 0 Å². The van der Waals surface area contributed by atoms with Crippen LogP contribution in [0.4, 0.5) is 0 Å². The van der Waals surface area contributed by atoms with Crippen LogP contribution in [0, 0.1) is 11.3 Å². The molecule has 1 saturated heterocycles. The Balaban J connectivity index is 1.90. The van der Waals surface area contributed by atoms with E-state index in [9.17, 15) is 5.11 Å². The Bertz CT molecular complexity index is 309. The molecular formula is C17H34N2O. The summed E-state index contributed by atoms with van der Waals surface area (Å²) in [5.74, 6) is 0.519. The van der Waals surface area contributed by atoms with Crippen LogP contribution in [0.1, 0.15) is 59.3 Å². The lowest BCUT2D eigenvalue weighted by atomic mass is 9.71. The molecule has 2 aliphatic rings. The van der Waals surface area contributed by atoms with Crippen molar-refractivity contribution in [3.05, 3.63) is 0 Å². The highest BCUT2D eigenvalue weighted by molar-refractivity contribution is 4.96. The highest BCUT2D eigenvalue weighted by atomic mass is 16.3. The third-order valence-electron chi connectivity index (χ3n) is 5.77. The van der Waals surface area contributed by atoms with Crippen LogP contribution < -0.4 is 5.32 Å². The maximum atomic E-state index is 10.8. The molecule has 0 spiro atoms. The topological polar surface area (TPSA) is 35.5 Å². The third-order valence-corrected chi connectivity index (χ3v) is 5.77. The predicted octanol–water partition coefficient (Wildman–Crippen LogP) is 2.64.